The first-order valence-corrected chi connectivity index (χ1v) is 5.28. The molecule has 0 aromatic heterocycles. The molecule has 0 radical (unpaired) electrons. The Morgan fingerprint density at radius 1 is 1.36 bits per heavy atom. The molecular formula is C10H22N2O2. The molecule has 0 saturated heterocycles. The Labute approximate surface area is 86.3 Å². The molecule has 0 fully saturated rings. The van der Waals surface area contributed by atoms with Crippen LogP contribution in [0.3, 0.4) is 0 Å². The van der Waals surface area contributed by atoms with E-state index in [1.807, 2.05) is 0 Å². The van der Waals surface area contributed by atoms with E-state index >= 15 is 0 Å². The Morgan fingerprint density at radius 3 is 2.14 bits per heavy atom. The van der Waals surface area contributed by atoms with E-state index in [9.17, 15) is 4.79 Å². The van der Waals surface area contributed by atoms with Gasteiger partial charge in [-0.1, -0.05) is 13.8 Å². The molecule has 0 aliphatic carbocycles. The van der Waals surface area contributed by atoms with Crippen molar-refractivity contribution >= 4 is 5.97 Å². The van der Waals surface area contributed by atoms with Crippen LogP contribution in [0, 0.1) is 0 Å². The molecule has 14 heavy (non-hydrogen) atoms. The minimum atomic E-state index is -0.773. The van der Waals surface area contributed by atoms with Gasteiger partial charge in [-0.25, -0.2) is 0 Å². The van der Waals surface area contributed by atoms with Crippen LogP contribution in [0.1, 0.15) is 26.7 Å². The van der Waals surface area contributed by atoms with Gasteiger partial charge in [0.2, 0.25) is 0 Å². The van der Waals surface area contributed by atoms with E-state index < -0.39 is 12.0 Å². The van der Waals surface area contributed by atoms with E-state index in [4.69, 9.17) is 5.11 Å². The number of hydrogen-bond acceptors (Lipinski definition) is 3. The number of nitrogens with zero attached hydrogens (tertiary/aromatic N) is 1. The highest BCUT2D eigenvalue weighted by Gasteiger charge is 2.17. The number of rotatable bonds is 8. The van der Waals surface area contributed by atoms with Crippen LogP contribution in [0.5, 0.6) is 0 Å². The van der Waals surface area contributed by atoms with Gasteiger partial charge in [0, 0.05) is 6.54 Å². The summed E-state index contributed by atoms with van der Waals surface area (Å²) >= 11 is 0. The molecule has 4 heteroatoms. The van der Waals surface area contributed by atoms with Crippen LogP contribution in [0.15, 0.2) is 0 Å². The minimum absolute atomic E-state index is 0.451. The summed E-state index contributed by atoms with van der Waals surface area (Å²) in [6, 6.07) is -0.451. The molecule has 0 bridgehead atoms. The molecule has 4 nitrogen and oxygen atoms in total. The molecule has 1 atom stereocenters. The highest BCUT2D eigenvalue weighted by atomic mass is 16.4. The first-order valence-electron chi connectivity index (χ1n) is 5.28. The lowest BCUT2D eigenvalue weighted by Gasteiger charge is -2.24. The Kier molecular flexibility index (Phi) is 7.42. The Balaban J connectivity index is 4.03. The van der Waals surface area contributed by atoms with Gasteiger partial charge in [0.15, 0.2) is 0 Å². The lowest BCUT2D eigenvalue weighted by Crippen LogP contribution is -2.45. The summed E-state index contributed by atoms with van der Waals surface area (Å²) in [5.74, 6) is -0.773. The van der Waals surface area contributed by atoms with Gasteiger partial charge < -0.3 is 15.3 Å². The van der Waals surface area contributed by atoms with E-state index in [1.165, 1.54) is 0 Å². The number of likely N-dealkylation sites (N-methyl/N-ethyl adjacent to an activating group) is 1. The van der Waals surface area contributed by atoms with E-state index in [0.717, 1.165) is 25.9 Å². The monoisotopic (exact) mass is 202 g/mol. The highest BCUT2D eigenvalue weighted by molar-refractivity contribution is 5.73. The van der Waals surface area contributed by atoms with Gasteiger partial charge in [0.1, 0.15) is 6.04 Å². The molecule has 0 spiro atoms. The number of carboxylic acid groups (broad SMARTS) is 1. The third-order valence-electron chi connectivity index (χ3n) is 2.17. The molecule has 0 amide bonds. The van der Waals surface area contributed by atoms with Crippen molar-refractivity contribution in [2.45, 2.75) is 32.7 Å². The van der Waals surface area contributed by atoms with Gasteiger partial charge in [-0.05, 0) is 33.0 Å². The molecule has 0 aromatic carbocycles. The van der Waals surface area contributed by atoms with Gasteiger partial charge in [-0.15, -0.1) is 0 Å². The summed E-state index contributed by atoms with van der Waals surface area (Å²) in [5.41, 5.74) is 0. The standard InChI is InChI=1S/C10H22N2O2/c1-4-6-12(7-5-2)8-9(11-3)10(13)14/h9,11H,4-8H2,1-3H3,(H,13,14). The third kappa shape index (κ3) is 5.19. The van der Waals surface area contributed by atoms with Gasteiger partial charge in [-0.3, -0.25) is 4.79 Å². The highest BCUT2D eigenvalue weighted by Crippen LogP contribution is 1.97. The summed E-state index contributed by atoms with van der Waals surface area (Å²) in [5, 5.41) is 11.7. The van der Waals surface area contributed by atoms with Crippen molar-refractivity contribution < 1.29 is 9.90 Å². The molecule has 0 aliphatic rings. The van der Waals surface area contributed by atoms with Crippen LogP contribution in [0.4, 0.5) is 0 Å². The number of hydrogen-bond donors (Lipinski definition) is 2. The van der Waals surface area contributed by atoms with Gasteiger partial charge >= 0.3 is 5.97 Å². The van der Waals surface area contributed by atoms with Crippen molar-refractivity contribution in [2.75, 3.05) is 26.7 Å². The summed E-state index contributed by atoms with van der Waals surface area (Å²) in [7, 11) is 1.69. The fourth-order valence-electron chi connectivity index (χ4n) is 1.48. The lowest BCUT2D eigenvalue weighted by atomic mass is 10.2. The van der Waals surface area contributed by atoms with Gasteiger partial charge in [0.05, 0.1) is 0 Å². The second-order valence-electron chi connectivity index (χ2n) is 3.48. The summed E-state index contributed by atoms with van der Waals surface area (Å²) in [6.45, 7) is 6.75. The molecule has 1 unspecified atom stereocenters. The Hall–Kier alpha value is -0.610. The predicted molar refractivity (Wildman–Crippen MR) is 57.5 cm³/mol. The first-order chi connectivity index (χ1) is 6.65. The number of nitrogens with one attached hydrogen (secondary N) is 1. The quantitative estimate of drug-likeness (QED) is 0.611. The molecule has 0 aliphatic heterocycles. The average molecular weight is 202 g/mol. The van der Waals surface area contributed by atoms with Crippen molar-refractivity contribution in [3.8, 4) is 0 Å². The molecule has 2 N–H and O–H groups in total. The van der Waals surface area contributed by atoms with Crippen LogP contribution in [0.2, 0.25) is 0 Å². The normalized spacial score (nSPS) is 13.1. The molecule has 0 heterocycles. The molecule has 0 rings (SSSR count). The average Bonchev–Trinajstić information content (AvgIpc) is 2.14. The summed E-state index contributed by atoms with van der Waals surface area (Å²) in [4.78, 5) is 13.0. The zero-order valence-electron chi connectivity index (χ0n) is 9.42. The fraction of sp³-hybridized carbons (Fsp3) is 0.900. The van der Waals surface area contributed by atoms with Crippen molar-refractivity contribution in [2.24, 2.45) is 0 Å². The van der Waals surface area contributed by atoms with Gasteiger partial charge in [-0.2, -0.15) is 0 Å². The number of aliphatic carboxylic acids is 1. The van der Waals surface area contributed by atoms with Crippen LogP contribution in [-0.4, -0.2) is 48.7 Å². The zero-order valence-corrected chi connectivity index (χ0v) is 9.42. The predicted octanol–water partition coefficient (Wildman–Crippen LogP) is 0.781. The van der Waals surface area contributed by atoms with Crippen LogP contribution >= 0.6 is 0 Å². The summed E-state index contributed by atoms with van der Waals surface area (Å²) < 4.78 is 0. The topological polar surface area (TPSA) is 52.6 Å². The Morgan fingerprint density at radius 2 is 1.86 bits per heavy atom. The van der Waals surface area contributed by atoms with Crippen LogP contribution < -0.4 is 5.32 Å². The van der Waals surface area contributed by atoms with Crippen molar-refractivity contribution in [3.05, 3.63) is 0 Å². The van der Waals surface area contributed by atoms with E-state index in [-0.39, 0.29) is 0 Å². The maximum Gasteiger partial charge on any atom is 0.322 e. The van der Waals surface area contributed by atoms with E-state index in [0.29, 0.717) is 6.54 Å². The molecule has 0 saturated carbocycles. The van der Waals surface area contributed by atoms with Crippen LogP contribution in [-0.2, 0) is 4.79 Å². The molecular weight excluding hydrogens is 180 g/mol. The van der Waals surface area contributed by atoms with Crippen molar-refractivity contribution in [1.29, 1.82) is 0 Å². The van der Waals surface area contributed by atoms with Crippen LogP contribution in [0.25, 0.3) is 0 Å². The molecule has 84 valence electrons. The van der Waals surface area contributed by atoms with Crippen molar-refractivity contribution in [3.63, 3.8) is 0 Å². The minimum Gasteiger partial charge on any atom is -0.480 e. The SMILES string of the molecule is CCCN(CCC)CC(NC)C(=O)O. The molecule has 0 aromatic rings. The van der Waals surface area contributed by atoms with Gasteiger partial charge in [0.25, 0.3) is 0 Å². The van der Waals surface area contributed by atoms with E-state index in [1.54, 1.807) is 7.05 Å². The largest absolute Gasteiger partial charge is 0.480 e. The van der Waals surface area contributed by atoms with E-state index in [2.05, 4.69) is 24.1 Å². The number of carboxylic acids is 1. The maximum atomic E-state index is 10.8. The second kappa shape index (κ2) is 7.76. The summed E-state index contributed by atoms with van der Waals surface area (Å²) in [6.07, 6.45) is 2.13. The Bertz CT molecular complexity index is 156. The zero-order chi connectivity index (χ0) is 11.0. The fourth-order valence-corrected chi connectivity index (χ4v) is 1.48. The smallest absolute Gasteiger partial charge is 0.322 e. The lowest BCUT2D eigenvalue weighted by molar-refractivity contribution is -0.139. The van der Waals surface area contributed by atoms with Crippen molar-refractivity contribution in [1.82, 2.24) is 10.2 Å². The maximum absolute atomic E-state index is 10.8. The second-order valence-corrected chi connectivity index (χ2v) is 3.48. The third-order valence-corrected chi connectivity index (χ3v) is 2.17. The number of carbonyl (C=O) groups is 1. The first kappa shape index (κ1) is 13.4.